The van der Waals surface area contributed by atoms with Crippen molar-refractivity contribution in [2.24, 2.45) is 0 Å². The van der Waals surface area contributed by atoms with E-state index in [9.17, 15) is 0 Å². The lowest BCUT2D eigenvalue weighted by atomic mass is 10.2. The lowest BCUT2D eigenvalue weighted by molar-refractivity contribution is 0.194. The molecule has 0 heterocycles. The van der Waals surface area contributed by atoms with Gasteiger partial charge in [0.25, 0.3) is 0 Å². The van der Waals surface area contributed by atoms with Gasteiger partial charge in [0.2, 0.25) is 0 Å². The van der Waals surface area contributed by atoms with E-state index in [2.05, 4.69) is 36.4 Å². The maximum Gasteiger partial charge on any atom is 0.0654 e. The van der Waals surface area contributed by atoms with Crippen molar-refractivity contribution >= 4 is 12.2 Å². The fraction of sp³-hybridized carbons (Fsp3) is 0.0909. The van der Waals surface area contributed by atoms with Crippen molar-refractivity contribution in [2.45, 2.75) is 0 Å². The van der Waals surface area contributed by atoms with Crippen LogP contribution in [-0.2, 0) is 4.74 Å². The molecule has 0 unspecified atom stereocenters. The molecule has 0 aliphatic rings. The van der Waals surface area contributed by atoms with Gasteiger partial charge in [0, 0.05) is 0 Å². The van der Waals surface area contributed by atoms with Crippen LogP contribution in [0.25, 0.3) is 12.2 Å². The van der Waals surface area contributed by atoms with E-state index in [1.54, 1.807) is 0 Å². The van der Waals surface area contributed by atoms with Crippen molar-refractivity contribution in [1.29, 1.82) is 0 Å². The average Bonchev–Trinajstić information content (AvgIpc) is 2.61. The van der Waals surface area contributed by atoms with Gasteiger partial charge in [-0.1, -0.05) is 109 Å². The molecule has 0 aromatic heterocycles. The first-order chi connectivity index (χ1) is 11.4. The van der Waals surface area contributed by atoms with Crippen LogP contribution < -0.4 is 0 Å². The highest BCUT2D eigenvalue weighted by atomic mass is 16.5. The SMILES string of the molecule is C(C=Cc1ccccc1)=CCOCC=CC=Cc1ccccc1. The second kappa shape index (κ2) is 11.0. The quantitative estimate of drug-likeness (QED) is 0.459. The minimum Gasteiger partial charge on any atom is -0.373 e. The molecule has 2 rings (SSSR count). The van der Waals surface area contributed by atoms with Crippen LogP contribution in [0.1, 0.15) is 11.1 Å². The molecule has 1 nitrogen and oxygen atoms in total. The zero-order valence-corrected chi connectivity index (χ0v) is 13.2. The highest BCUT2D eigenvalue weighted by molar-refractivity contribution is 5.51. The summed E-state index contributed by atoms with van der Waals surface area (Å²) >= 11 is 0. The van der Waals surface area contributed by atoms with Gasteiger partial charge in [0.15, 0.2) is 0 Å². The maximum absolute atomic E-state index is 5.50. The molecule has 23 heavy (non-hydrogen) atoms. The Morgan fingerprint density at radius 2 is 1.00 bits per heavy atom. The smallest absolute Gasteiger partial charge is 0.0654 e. The molecule has 0 fully saturated rings. The lowest BCUT2D eigenvalue weighted by Gasteiger charge is -1.93. The van der Waals surface area contributed by atoms with Gasteiger partial charge < -0.3 is 4.74 Å². The maximum atomic E-state index is 5.50. The van der Waals surface area contributed by atoms with Crippen molar-refractivity contribution in [3.05, 3.63) is 108 Å². The second-order valence-corrected chi connectivity index (χ2v) is 4.93. The molecule has 0 saturated heterocycles. The molecule has 0 N–H and O–H groups in total. The predicted molar refractivity (Wildman–Crippen MR) is 100 cm³/mol. The summed E-state index contributed by atoms with van der Waals surface area (Å²) in [5.74, 6) is 0. The van der Waals surface area contributed by atoms with Crippen LogP contribution in [0.4, 0.5) is 0 Å². The van der Waals surface area contributed by atoms with Gasteiger partial charge in [-0.3, -0.25) is 0 Å². The summed E-state index contributed by atoms with van der Waals surface area (Å²) in [6.45, 7) is 1.23. The molecule has 0 amide bonds. The molecule has 0 bridgehead atoms. The summed E-state index contributed by atoms with van der Waals surface area (Å²) in [5.41, 5.74) is 2.40. The van der Waals surface area contributed by atoms with E-state index in [0.29, 0.717) is 13.2 Å². The number of hydrogen-bond acceptors (Lipinski definition) is 1. The van der Waals surface area contributed by atoms with Gasteiger partial charge >= 0.3 is 0 Å². The first kappa shape index (κ1) is 16.7. The molecule has 0 aliphatic carbocycles. The molecular formula is C22H22O. The van der Waals surface area contributed by atoms with Gasteiger partial charge in [-0.15, -0.1) is 0 Å². The standard InChI is InChI=1S/C22H22O/c1-5-13-21(14-6-1)17-9-3-11-19-23-20-12-4-10-18-22-15-7-2-8-16-22/h1-18H,19-20H2. The third-order valence-electron chi connectivity index (χ3n) is 3.10. The van der Waals surface area contributed by atoms with Crippen LogP contribution in [0.3, 0.4) is 0 Å². The molecular weight excluding hydrogens is 280 g/mol. The van der Waals surface area contributed by atoms with E-state index in [1.165, 1.54) is 11.1 Å². The summed E-state index contributed by atoms with van der Waals surface area (Å²) in [6, 6.07) is 20.5. The molecule has 0 saturated carbocycles. The van der Waals surface area contributed by atoms with Crippen molar-refractivity contribution in [1.82, 2.24) is 0 Å². The first-order valence-electron chi connectivity index (χ1n) is 7.79. The Bertz CT molecular complexity index is 589. The summed E-state index contributed by atoms with van der Waals surface area (Å²) in [6.07, 6.45) is 16.2. The van der Waals surface area contributed by atoms with Gasteiger partial charge in [-0.05, 0) is 11.1 Å². The predicted octanol–water partition coefficient (Wildman–Crippen LogP) is 5.54. The highest BCUT2D eigenvalue weighted by Gasteiger charge is 1.81. The van der Waals surface area contributed by atoms with E-state index in [0.717, 1.165) is 0 Å². The molecule has 2 aromatic rings. The van der Waals surface area contributed by atoms with Crippen LogP contribution in [0.5, 0.6) is 0 Å². The molecule has 116 valence electrons. The van der Waals surface area contributed by atoms with E-state index in [-0.39, 0.29) is 0 Å². The Hall–Kier alpha value is -2.64. The van der Waals surface area contributed by atoms with Crippen LogP contribution in [-0.4, -0.2) is 13.2 Å². The van der Waals surface area contributed by atoms with E-state index in [1.807, 2.05) is 72.9 Å². The molecule has 1 heteroatoms. The van der Waals surface area contributed by atoms with Gasteiger partial charge in [0.1, 0.15) is 0 Å². The Morgan fingerprint density at radius 1 is 0.565 bits per heavy atom. The Morgan fingerprint density at radius 3 is 1.43 bits per heavy atom. The molecule has 0 spiro atoms. The second-order valence-electron chi connectivity index (χ2n) is 4.93. The topological polar surface area (TPSA) is 9.23 Å². The minimum absolute atomic E-state index is 0.617. The molecule has 0 radical (unpaired) electrons. The highest BCUT2D eigenvalue weighted by Crippen LogP contribution is 2.01. The largest absolute Gasteiger partial charge is 0.373 e. The number of rotatable bonds is 8. The third-order valence-corrected chi connectivity index (χ3v) is 3.10. The van der Waals surface area contributed by atoms with E-state index in [4.69, 9.17) is 4.74 Å². The van der Waals surface area contributed by atoms with Crippen LogP contribution in [0.15, 0.2) is 97.1 Å². The van der Waals surface area contributed by atoms with Crippen molar-refractivity contribution < 1.29 is 4.74 Å². The summed E-state index contributed by atoms with van der Waals surface area (Å²) in [5, 5.41) is 0. The van der Waals surface area contributed by atoms with Crippen molar-refractivity contribution in [3.8, 4) is 0 Å². The van der Waals surface area contributed by atoms with Gasteiger partial charge in [0.05, 0.1) is 13.2 Å². The summed E-state index contributed by atoms with van der Waals surface area (Å²) in [4.78, 5) is 0. The number of ether oxygens (including phenoxy) is 1. The first-order valence-corrected chi connectivity index (χ1v) is 7.79. The normalized spacial score (nSPS) is 12.2. The van der Waals surface area contributed by atoms with Gasteiger partial charge in [-0.2, -0.15) is 0 Å². The lowest BCUT2D eigenvalue weighted by Crippen LogP contribution is -1.89. The molecule has 2 aromatic carbocycles. The number of benzene rings is 2. The van der Waals surface area contributed by atoms with Crippen LogP contribution in [0.2, 0.25) is 0 Å². The van der Waals surface area contributed by atoms with Gasteiger partial charge in [-0.25, -0.2) is 0 Å². The summed E-state index contributed by atoms with van der Waals surface area (Å²) < 4.78 is 5.50. The fourth-order valence-corrected chi connectivity index (χ4v) is 1.93. The molecule has 0 aliphatic heterocycles. The zero-order chi connectivity index (χ0) is 16.0. The van der Waals surface area contributed by atoms with Crippen molar-refractivity contribution in [3.63, 3.8) is 0 Å². The average molecular weight is 302 g/mol. The monoisotopic (exact) mass is 302 g/mol. The van der Waals surface area contributed by atoms with Crippen LogP contribution in [0, 0.1) is 0 Å². The van der Waals surface area contributed by atoms with Crippen LogP contribution >= 0.6 is 0 Å². The Labute approximate surface area is 138 Å². The fourth-order valence-electron chi connectivity index (χ4n) is 1.93. The summed E-state index contributed by atoms with van der Waals surface area (Å²) in [7, 11) is 0. The Balaban J connectivity index is 1.57. The molecule has 0 atom stereocenters. The Kier molecular flexibility index (Phi) is 8.00. The minimum atomic E-state index is 0.617. The number of allylic oxidation sites excluding steroid dienone is 4. The third kappa shape index (κ3) is 7.79. The zero-order valence-electron chi connectivity index (χ0n) is 13.2. The van der Waals surface area contributed by atoms with E-state index >= 15 is 0 Å². The number of hydrogen-bond donors (Lipinski definition) is 0. The van der Waals surface area contributed by atoms with E-state index < -0.39 is 0 Å². The van der Waals surface area contributed by atoms with Crippen molar-refractivity contribution in [2.75, 3.05) is 13.2 Å².